The molecule has 1 heterocycles. The monoisotopic (exact) mass is 454 g/mol. The lowest BCUT2D eigenvalue weighted by molar-refractivity contribution is -0.127. The number of nitrogens with one attached hydrogen (secondary N) is 1. The molecule has 2 aromatic rings. The average Bonchev–Trinajstić information content (AvgIpc) is 2.75. The Morgan fingerprint density at radius 1 is 1.06 bits per heavy atom. The number of ether oxygens (including phenoxy) is 1. The van der Waals surface area contributed by atoms with Gasteiger partial charge in [0, 0.05) is 18.5 Å². The smallest absolute Gasteiger partial charge is 0.258 e. The standard InChI is InChI=1S/C26H31ClN2O3/c1-17(2)24-25(30)28-22(19-11-9-12-20(27)16-19)14-7-5-10-18(3)32-23-15-8-6-13-21(23)26(31)29(24)4/h5-9,11-13,15-18,22,24H,10,14H2,1-4H3,(H,28,30)/b7-5-/t18-,22+,24-/m0/s1. The third-order valence-corrected chi connectivity index (χ3v) is 5.89. The van der Waals surface area contributed by atoms with Crippen molar-refractivity contribution < 1.29 is 14.3 Å². The van der Waals surface area contributed by atoms with Crippen LogP contribution in [-0.4, -0.2) is 35.9 Å². The zero-order valence-corrected chi connectivity index (χ0v) is 19.8. The Morgan fingerprint density at radius 3 is 2.50 bits per heavy atom. The summed E-state index contributed by atoms with van der Waals surface area (Å²) in [6, 6.07) is 13.8. The molecular formula is C26H31ClN2O3. The number of amides is 2. The molecule has 0 fully saturated rings. The van der Waals surface area contributed by atoms with Gasteiger partial charge in [-0.15, -0.1) is 0 Å². The van der Waals surface area contributed by atoms with E-state index in [1.165, 1.54) is 4.90 Å². The van der Waals surface area contributed by atoms with Crippen LogP contribution in [0.25, 0.3) is 0 Å². The molecular weight excluding hydrogens is 424 g/mol. The molecule has 0 saturated heterocycles. The van der Waals surface area contributed by atoms with E-state index in [-0.39, 0.29) is 29.9 Å². The molecule has 170 valence electrons. The van der Waals surface area contributed by atoms with Crippen LogP contribution < -0.4 is 10.1 Å². The lowest BCUT2D eigenvalue weighted by Gasteiger charge is -2.32. The number of fused-ring (bicyclic) bond motifs is 1. The van der Waals surface area contributed by atoms with Crippen LogP contribution in [0.15, 0.2) is 60.7 Å². The van der Waals surface area contributed by atoms with Crippen molar-refractivity contribution >= 4 is 23.4 Å². The Balaban J connectivity index is 2.01. The molecule has 3 rings (SSSR count). The second kappa shape index (κ2) is 10.7. The van der Waals surface area contributed by atoms with Crippen molar-refractivity contribution in [2.45, 2.75) is 51.8 Å². The van der Waals surface area contributed by atoms with E-state index in [0.29, 0.717) is 29.2 Å². The van der Waals surface area contributed by atoms with E-state index in [1.807, 2.05) is 51.1 Å². The van der Waals surface area contributed by atoms with Crippen LogP contribution in [0.4, 0.5) is 0 Å². The molecule has 3 atom stereocenters. The van der Waals surface area contributed by atoms with E-state index in [4.69, 9.17) is 16.3 Å². The van der Waals surface area contributed by atoms with Gasteiger partial charge in [0.2, 0.25) is 5.91 Å². The summed E-state index contributed by atoms with van der Waals surface area (Å²) in [5.74, 6) is 0.00745. The molecule has 2 amide bonds. The maximum atomic E-state index is 13.4. The van der Waals surface area contributed by atoms with Crippen LogP contribution in [0, 0.1) is 5.92 Å². The van der Waals surface area contributed by atoms with Crippen molar-refractivity contribution in [1.82, 2.24) is 10.2 Å². The van der Waals surface area contributed by atoms with Crippen LogP contribution in [0.2, 0.25) is 5.02 Å². The first-order valence-electron chi connectivity index (χ1n) is 11.0. The van der Waals surface area contributed by atoms with Gasteiger partial charge in [0.05, 0.1) is 17.7 Å². The van der Waals surface area contributed by atoms with Gasteiger partial charge in [0.1, 0.15) is 11.8 Å². The minimum Gasteiger partial charge on any atom is -0.490 e. The molecule has 0 bridgehead atoms. The third kappa shape index (κ3) is 5.71. The summed E-state index contributed by atoms with van der Waals surface area (Å²) in [7, 11) is 1.67. The molecule has 1 aliphatic heterocycles. The molecule has 1 N–H and O–H groups in total. The SMILES string of the molecule is CC(C)[C@H]1C(=O)N[C@@H](c2cccc(Cl)c2)C/C=C\C[C@H](C)Oc2ccccc2C(=O)N1C. The highest BCUT2D eigenvalue weighted by atomic mass is 35.5. The summed E-state index contributed by atoms with van der Waals surface area (Å²) in [5, 5.41) is 3.78. The number of para-hydroxylation sites is 1. The van der Waals surface area contributed by atoms with Gasteiger partial charge < -0.3 is 15.0 Å². The summed E-state index contributed by atoms with van der Waals surface area (Å²) in [5.41, 5.74) is 1.38. The predicted molar refractivity (Wildman–Crippen MR) is 128 cm³/mol. The van der Waals surface area contributed by atoms with Crippen molar-refractivity contribution in [2.75, 3.05) is 7.05 Å². The number of rotatable bonds is 2. The van der Waals surface area contributed by atoms with Crippen molar-refractivity contribution in [1.29, 1.82) is 0 Å². The number of halogens is 1. The summed E-state index contributed by atoms with van der Waals surface area (Å²) in [4.78, 5) is 28.3. The second-order valence-electron chi connectivity index (χ2n) is 8.59. The van der Waals surface area contributed by atoms with Crippen LogP contribution >= 0.6 is 11.6 Å². The van der Waals surface area contributed by atoms with Gasteiger partial charge in [0.25, 0.3) is 5.91 Å². The molecule has 6 heteroatoms. The molecule has 0 saturated carbocycles. The lowest BCUT2D eigenvalue weighted by atomic mass is 9.98. The summed E-state index contributed by atoms with van der Waals surface area (Å²) in [6.45, 7) is 5.86. The van der Waals surface area contributed by atoms with Crippen molar-refractivity contribution in [2.24, 2.45) is 5.92 Å². The Kier molecular flexibility index (Phi) is 7.97. The van der Waals surface area contributed by atoms with E-state index in [1.54, 1.807) is 25.2 Å². The molecule has 5 nitrogen and oxygen atoms in total. The zero-order chi connectivity index (χ0) is 23.3. The normalized spacial score (nSPS) is 23.7. The first kappa shape index (κ1) is 23.9. The van der Waals surface area contributed by atoms with Gasteiger partial charge in [-0.25, -0.2) is 0 Å². The summed E-state index contributed by atoms with van der Waals surface area (Å²) < 4.78 is 6.09. The number of hydrogen-bond donors (Lipinski definition) is 1. The van der Waals surface area contributed by atoms with Crippen molar-refractivity contribution in [3.8, 4) is 5.75 Å². The minimum absolute atomic E-state index is 0.0839. The number of carbonyl (C=O) groups excluding carboxylic acids is 2. The first-order valence-corrected chi connectivity index (χ1v) is 11.4. The van der Waals surface area contributed by atoms with E-state index in [9.17, 15) is 9.59 Å². The maximum absolute atomic E-state index is 13.4. The van der Waals surface area contributed by atoms with Gasteiger partial charge in [0.15, 0.2) is 0 Å². The predicted octanol–water partition coefficient (Wildman–Crippen LogP) is 5.41. The van der Waals surface area contributed by atoms with Crippen molar-refractivity contribution in [3.63, 3.8) is 0 Å². The first-order chi connectivity index (χ1) is 15.3. The average molecular weight is 455 g/mol. The quantitative estimate of drug-likeness (QED) is 0.617. The molecule has 0 aromatic heterocycles. The summed E-state index contributed by atoms with van der Waals surface area (Å²) in [6.07, 6.45) is 5.30. The largest absolute Gasteiger partial charge is 0.490 e. The van der Waals surface area contributed by atoms with Crippen molar-refractivity contribution in [3.05, 3.63) is 76.8 Å². The zero-order valence-electron chi connectivity index (χ0n) is 19.0. The Hall–Kier alpha value is -2.79. The van der Waals surface area contributed by atoms with Gasteiger partial charge in [-0.2, -0.15) is 0 Å². The minimum atomic E-state index is -0.637. The van der Waals surface area contributed by atoms with E-state index in [2.05, 4.69) is 17.5 Å². The van der Waals surface area contributed by atoms with Crippen LogP contribution in [-0.2, 0) is 4.79 Å². The topological polar surface area (TPSA) is 58.6 Å². The second-order valence-corrected chi connectivity index (χ2v) is 9.02. The van der Waals surface area contributed by atoms with Crippen LogP contribution in [0.1, 0.15) is 55.6 Å². The van der Waals surface area contributed by atoms with Crippen LogP contribution in [0.3, 0.4) is 0 Å². The lowest BCUT2D eigenvalue weighted by Crippen LogP contribution is -2.51. The number of nitrogens with zero attached hydrogens (tertiary/aromatic N) is 1. The third-order valence-electron chi connectivity index (χ3n) is 5.66. The molecule has 32 heavy (non-hydrogen) atoms. The van der Waals surface area contributed by atoms with E-state index < -0.39 is 6.04 Å². The van der Waals surface area contributed by atoms with Gasteiger partial charge >= 0.3 is 0 Å². The highest BCUT2D eigenvalue weighted by Gasteiger charge is 2.33. The maximum Gasteiger partial charge on any atom is 0.258 e. The molecule has 1 aliphatic rings. The highest BCUT2D eigenvalue weighted by Crippen LogP contribution is 2.26. The van der Waals surface area contributed by atoms with Crippen LogP contribution in [0.5, 0.6) is 5.75 Å². The number of likely N-dealkylation sites (N-methyl/N-ethyl adjacent to an activating group) is 1. The molecule has 0 radical (unpaired) electrons. The molecule has 2 aromatic carbocycles. The Morgan fingerprint density at radius 2 is 1.78 bits per heavy atom. The number of hydrogen-bond acceptors (Lipinski definition) is 3. The summed E-state index contributed by atoms with van der Waals surface area (Å²) >= 11 is 6.21. The Labute approximate surface area is 195 Å². The number of benzene rings is 2. The van der Waals surface area contributed by atoms with E-state index in [0.717, 1.165) is 5.56 Å². The van der Waals surface area contributed by atoms with Gasteiger partial charge in [-0.3, -0.25) is 9.59 Å². The van der Waals surface area contributed by atoms with Gasteiger partial charge in [-0.05, 0) is 49.1 Å². The van der Waals surface area contributed by atoms with Gasteiger partial charge in [-0.1, -0.05) is 61.9 Å². The Bertz CT molecular complexity index is 989. The fraction of sp³-hybridized carbons (Fsp3) is 0.385. The number of carbonyl (C=O) groups is 2. The van der Waals surface area contributed by atoms with E-state index >= 15 is 0 Å². The molecule has 0 unspecified atom stereocenters. The fourth-order valence-electron chi connectivity index (χ4n) is 4.03. The highest BCUT2D eigenvalue weighted by molar-refractivity contribution is 6.30. The molecule has 0 spiro atoms. The fourth-order valence-corrected chi connectivity index (χ4v) is 4.23. The molecule has 0 aliphatic carbocycles.